The molecule has 0 aromatic heterocycles. The number of carbonyl (C=O) groups is 3. The van der Waals surface area contributed by atoms with Crippen LogP contribution in [0.15, 0.2) is 54.1 Å². The summed E-state index contributed by atoms with van der Waals surface area (Å²) in [5.41, 5.74) is 1.32. The fraction of sp³-hybridized carbons (Fsp3) is 0.150. The first-order chi connectivity index (χ1) is 12.9. The van der Waals surface area contributed by atoms with E-state index < -0.39 is 17.9 Å². The summed E-state index contributed by atoms with van der Waals surface area (Å²) in [5.74, 6) is -2.08. The highest BCUT2D eigenvalue weighted by atomic mass is 16.5. The molecule has 140 valence electrons. The summed E-state index contributed by atoms with van der Waals surface area (Å²) in [4.78, 5) is 34.3. The van der Waals surface area contributed by atoms with E-state index in [4.69, 9.17) is 9.84 Å². The van der Waals surface area contributed by atoms with Crippen molar-refractivity contribution in [2.45, 2.75) is 6.61 Å². The van der Waals surface area contributed by atoms with Gasteiger partial charge in [0.2, 0.25) is 0 Å². The molecule has 27 heavy (non-hydrogen) atoms. The van der Waals surface area contributed by atoms with E-state index in [1.165, 1.54) is 32.4 Å². The molecule has 0 atom stereocenters. The van der Waals surface area contributed by atoms with Gasteiger partial charge >= 0.3 is 17.9 Å². The van der Waals surface area contributed by atoms with Crippen LogP contribution in [-0.2, 0) is 25.7 Å². The minimum atomic E-state index is -0.992. The van der Waals surface area contributed by atoms with Crippen molar-refractivity contribution in [2.75, 3.05) is 14.2 Å². The second-order valence-corrected chi connectivity index (χ2v) is 5.40. The summed E-state index contributed by atoms with van der Waals surface area (Å²) in [6.07, 6.45) is 1.35. The van der Waals surface area contributed by atoms with E-state index in [2.05, 4.69) is 9.47 Å². The van der Waals surface area contributed by atoms with Gasteiger partial charge in [0.05, 0.1) is 19.8 Å². The molecule has 0 saturated heterocycles. The number of esters is 2. The summed E-state index contributed by atoms with van der Waals surface area (Å²) >= 11 is 0. The molecule has 1 N–H and O–H groups in total. The van der Waals surface area contributed by atoms with Crippen molar-refractivity contribution in [1.29, 1.82) is 0 Å². The lowest BCUT2D eigenvalue weighted by Crippen LogP contribution is -2.15. The third kappa shape index (κ3) is 5.43. The first-order valence-corrected chi connectivity index (χ1v) is 7.88. The first kappa shape index (κ1) is 19.7. The summed E-state index contributed by atoms with van der Waals surface area (Å²) in [6.45, 7) is 0.230. The van der Waals surface area contributed by atoms with Crippen LogP contribution in [0.2, 0.25) is 0 Å². The second-order valence-electron chi connectivity index (χ2n) is 5.40. The van der Waals surface area contributed by atoms with Gasteiger partial charge in [-0.1, -0.05) is 24.3 Å². The topological polar surface area (TPSA) is 99.1 Å². The Morgan fingerprint density at radius 3 is 2.15 bits per heavy atom. The predicted octanol–water partition coefficient (Wildman–Crippen LogP) is 2.69. The van der Waals surface area contributed by atoms with E-state index in [1.807, 2.05) is 0 Å². The maximum atomic E-state index is 11.7. The van der Waals surface area contributed by atoms with E-state index in [0.29, 0.717) is 11.3 Å². The maximum absolute atomic E-state index is 11.7. The molecule has 7 heteroatoms. The quantitative estimate of drug-likeness (QED) is 0.346. The molecule has 0 spiro atoms. The SMILES string of the molecule is COC(=O)C(=Cc1cccc(OCc2ccc(C(=O)O)cc2)c1)C(=O)OC. The Labute approximate surface area is 155 Å². The maximum Gasteiger partial charge on any atom is 0.345 e. The molecular weight excluding hydrogens is 352 g/mol. The lowest BCUT2D eigenvalue weighted by Gasteiger charge is -2.08. The molecule has 0 amide bonds. The van der Waals surface area contributed by atoms with Crippen molar-refractivity contribution >= 4 is 24.0 Å². The summed E-state index contributed by atoms with van der Waals surface area (Å²) < 4.78 is 14.9. The summed E-state index contributed by atoms with van der Waals surface area (Å²) in [6, 6.07) is 13.1. The van der Waals surface area contributed by atoms with Crippen LogP contribution in [-0.4, -0.2) is 37.2 Å². The molecule has 7 nitrogen and oxygen atoms in total. The number of ether oxygens (including phenoxy) is 3. The lowest BCUT2D eigenvalue weighted by atomic mass is 10.1. The Hall–Kier alpha value is -3.61. The second kappa shape index (κ2) is 9.19. The summed E-state index contributed by atoms with van der Waals surface area (Å²) in [7, 11) is 2.35. The van der Waals surface area contributed by atoms with Crippen LogP contribution in [0, 0.1) is 0 Å². The van der Waals surface area contributed by atoms with Gasteiger partial charge in [0.25, 0.3) is 0 Å². The van der Waals surface area contributed by atoms with Gasteiger partial charge in [0.1, 0.15) is 17.9 Å². The van der Waals surface area contributed by atoms with E-state index in [9.17, 15) is 14.4 Å². The van der Waals surface area contributed by atoms with Gasteiger partial charge in [-0.2, -0.15) is 0 Å². The highest BCUT2D eigenvalue weighted by Gasteiger charge is 2.19. The number of carbonyl (C=O) groups excluding carboxylic acids is 2. The number of hydrogen-bond acceptors (Lipinski definition) is 6. The number of benzene rings is 2. The number of carboxylic acid groups (broad SMARTS) is 1. The molecule has 0 aliphatic rings. The average molecular weight is 370 g/mol. The van der Waals surface area contributed by atoms with Crippen LogP contribution in [0.3, 0.4) is 0 Å². The average Bonchev–Trinajstić information content (AvgIpc) is 2.70. The molecule has 0 aliphatic heterocycles. The zero-order valence-corrected chi connectivity index (χ0v) is 14.8. The van der Waals surface area contributed by atoms with Gasteiger partial charge in [-0.3, -0.25) is 0 Å². The normalized spacial score (nSPS) is 9.85. The fourth-order valence-corrected chi connectivity index (χ4v) is 2.19. The molecule has 0 saturated carbocycles. The first-order valence-electron chi connectivity index (χ1n) is 7.88. The Morgan fingerprint density at radius 2 is 1.59 bits per heavy atom. The zero-order chi connectivity index (χ0) is 19.8. The largest absolute Gasteiger partial charge is 0.489 e. The Morgan fingerprint density at radius 1 is 0.963 bits per heavy atom. The third-order valence-electron chi connectivity index (χ3n) is 3.59. The number of hydrogen-bond donors (Lipinski definition) is 1. The highest BCUT2D eigenvalue weighted by molar-refractivity contribution is 6.17. The molecular formula is C20H18O7. The Balaban J connectivity index is 2.14. The lowest BCUT2D eigenvalue weighted by molar-refractivity contribution is -0.143. The Kier molecular flexibility index (Phi) is 6.71. The number of aromatic carboxylic acids is 1. The van der Waals surface area contributed by atoms with Crippen molar-refractivity contribution in [3.63, 3.8) is 0 Å². The minimum absolute atomic E-state index is 0.198. The zero-order valence-electron chi connectivity index (χ0n) is 14.8. The molecule has 0 bridgehead atoms. The molecule has 0 fully saturated rings. The highest BCUT2D eigenvalue weighted by Crippen LogP contribution is 2.18. The molecule has 0 radical (unpaired) electrons. The predicted molar refractivity (Wildman–Crippen MR) is 96.2 cm³/mol. The van der Waals surface area contributed by atoms with Crippen LogP contribution in [0.1, 0.15) is 21.5 Å². The van der Waals surface area contributed by atoms with Crippen LogP contribution in [0.5, 0.6) is 5.75 Å². The van der Waals surface area contributed by atoms with Crippen LogP contribution in [0.25, 0.3) is 6.08 Å². The number of carboxylic acids is 1. The molecule has 2 rings (SSSR count). The molecule has 2 aromatic rings. The van der Waals surface area contributed by atoms with Gasteiger partial charge in [-0.15, -0.1) is 0 Å². The van der Waals surface area contributed by atoms with E-state index in [1.54, 1.807) is 36.4 Å². The van der Waals surface area contributed by atoms with Crippen LogP contribution >= 0.6 is 0 Å². The van der Waals surface area contributed by atoms with Gasteiger partial charge in [0.15, 0.2) is 0 Å². The van der Waals surface area contributed by atoms with Crippen LogP contribution in [0.4, 0.5) is 0 Å². The van der Waals surface area contributed by atoms with Crippen molar-refractivity contribution in [1.82, 2.24) is 0 Å². The standard InChI is InChI=1S/C20H18O7/c1-25-19(23)17(20(24)26-2)11-14-4-3-5-16(10-14)27-12-13-6-8-15(9-7-13)18(21)22/h3-11H,12H2,1-2H3,(H,21,22). The monoisotopic (exact) mass is 370 g/mol. The number of methoxy groups -OCH3 is 2. The molecule has 0 unspecified atom stereocenters. The van der Waals surface area contributed by atoms with Crippen molar-refractivity contribution in [3.8, 4) is 5.75 Å². The fourth-order valence-electron chi connectivity index (χ4n) is 2.19. The van der Waals surface area contributed by atoms with Crippen molar-refractivity contribution in [2.24, 2.45) is 0 Å². The van der Waals surface area contributed by atoms with Gasteiger partial charge in [0, 0.05) is 0 Å². The van der Waals surface area contributed by atoms with Crippen molar-refractivity contribution in [3.05, 3.63) is 70.8 Å². The summed E-state index contributed by atoms with van der Waals surface area (Å²) in [5, 5.41) is 8.90. The molecule has 2 aromatic carbocycles. The van der Waals surface area contributed by atoms with Gasteiger partial charge < -0.3 is 19.3 Å². The van der Waals surface area contributed by atoms with E-state index in [-0.39, 0.29) is 17.7 Å². The van der Waals surface area contributed by atoms with Gasteiger partial charge in [-0.05, 0) is 41.5 Å². The van der Waals surface area contributed by atoms with Gasteiger partial charge in [-0.25, -0.2) is 14.4 Å². The Bertz CT molecular complexity index is 848. The smallest absolute Gasteiger partial charge is 0.345 e. The van der Waals surface area contributed by atoms with Crippen molar-refractivity contribution < 1.29 is 33.7 Å². The molecule has 0 aliphatic carbocycles. The third-order valence-corrected chi connectivity index (χ3v) is 3.59. The van der Waals surface area contributed by atoms with E-state index in [0.717, 1.165) is 5.56 Å². The minimum Gasteiger partial charge on any atom is -0.489 e. The number of rotatable bonds is 7. The molecule has 0 heterocycles. The van der Waals surface area contributed by atoms with Crippen LogP contribution < -0.4 is 4.74 Å². The van der Waals surface area contributed by atoms with E-state index >= 15 is 0 Å².